The first kappa shape index (κ1) is 11.6. The van der Waals surface area contributed by atoms with Gasteiger partial charge < -0.3 is 5.73 Å². The van der Waals surface area contributed by atoms with E-state index in [1.807, 2.05) is 19.2 Å². The molecule has 0 radical (unpaired) electrons. The molecule has 2 rings (SSSR count). The van der Waals surface area contributed by atoms with E-state index in [0.29, 0.717) is 12.6 Å². The van der Waals surface area contributed by atoms with E-state index in [9.17, 15) is 4.39 Å². The van der Waals surface area contributed by atoms with Crippen molar-refractivity contribution in [2.75, 3.05) is 13.6 Å². The van der Waals surface area contributed by atoms with Gasteiger partial charge in [0.15, 0.2) is 0 Å². The van der Waals surface area contributed by atoms with Crippen LogP contribution in [0.2, 0.25) is 0 Å². The molecule has 0 heterocycles. The quantitative estimate of drug-likeness (QED) is 0.847. The lowest BCUT2D eigenvalue weighted by molar-refractivity contribution is 0.111. The molecule has 0 saturated heterocycles. The second kappa shape index (κ2) is 4.93. The van der Waals surface area contributed by atoms with Gasteiger partial charge in [-0.3, -0.25) is 4.90 Å². The summed E-state index contributed by atoms with van der Waals surface area (Å²) < 4.78 is 13.7. The molecule has 1 aliphatic rings. The van der Waals surface area contributed by atoms with Crippen molar-refractivity contribution in [3.63, 3.8) is 0 Å². The number of nitrogens with zero attached hydrogens (tertiary/aromatic N) is 1. The molecule has 1 atom stereocenters. The SMILES string of the molecule is CN(C1CCC1)C(CN)c1ccccc1F. The average molecular weight is 222 g/mol. The van der Waals surface area contributed by atoms with E-state index in [0.717, 1.165) is 5.56 Å². The average Bonchev–Trinajstić information content (AvgIpc) is 2.19. The number of hydrogen-bond acceptors (Lipinski definition) is 2. The van der Waals surface area contributed by atoms with E-state index in [1.165, 1.54) is 25.3 Å². The Balaban J connectivity index is 2.18. The van der Waals surface area contributed by atoms with Gasteiger partial charge in [0.2, 0.25) is 0 Å². The second-order valence-corrected chi connectivity index (χ2v) is 4.52. The largest absolute Gasteiger partial charge is 0.329 e. The van der Waals surface area contributed by atoms with Gasteiger partial charge in [0.05, 0.1) is 0 Å². The Morgan fingerprint density at radius 2 is 2.12 bits per heavy atom. The topological polar surface area (TPSA) is 29.3 Å². The van der Waals surface area contributed by atoms with Gasteiger partial charge >= 0.3 is 0 Å². The van der Waals surface area contributed by atoms with Gasteiger partial charge in [0.25, 0.3) is 0 Å². The summed E-state index contributed by atoms with van der Waals surface area (Å²) in [4.78, 5) is 2.22. The van der Waals surface area contributed by atoms with Crippen molar-refractivity contribution in [1.82, 2.24) is 4.90 Å². The Hall–Kier alpha value is -0.930. The van der Waals surface area contributed by atoms with Crippen LogP contribution in [0.25, 0.3) is 0 Å². The van der Waals surface area contributed by atoms with Crippen LogP contribution in [0.4, 0.5) is 4.39 Å². The van der Waals surface area contributed by atoms with Gasteiger partial charge in [-0.1, -0.05) is 24.6 Å². The predicted octanol–water partition coefficient (Wildman–Crippen LogP) is 2.31. The van der Waals surface area contributed by atoms with Crippen LogP contribution in [-0.4, -0.2) is 24.5 Å². The van der Waals surface area contributed by atoms with E-state index in [1.54, 1.807) is 6.07 Å². The van der Waals surface area contributed by atoms with Crippen molar-refractivity contribution in [3.8, 4) is 0 Å². The molecular weight excluding hydrogens is 203 g/mol. The summed E-state index contributed by atoms with van der Waals surface area (Å²) >= 11 is 0. The fraction of sp³-hybridized carbons (Fsp3) is 0.538. The van der Waals surface area contributed by atoms with Crippen molar-refractivity contribution >= 4 is 0 Å². The highest BCUT2D eigenvalue weighted by Crippen LogP contribution is 2.31. The second-order valence-electron chi connectivity index (χ2n) is 4.52. The minimum absolute atomic E-state index is 0.00602. The summed E-state index contributed by atoms with van der Waals surface area (Å²) in [6.07, 6.45) is 3.70. The third kappa shape index (κ3) is 2.11. The lowest BCUT2D eigenvalue weighted by atomic mass is 9.89. The number of halogens is 1. The number of nitrogens with two attached hydrogens (primary N) is 1. The van der Waals surface area contributed by atoms with Crippen LogP contribution in [0.3, 0.4) is 0 Å². The van der Waals surface area contributed by atoms with Crippen molar-refractivity contribution in [3.05, 3.63) is 35.6 Å². The zero-order chi connectivity index (χ0) is 11.5. The molecule has 0 spiro atoms. The summed E-state index contributed by atoms with van der Waals surface area (Å²) in [6, 6.07) is 7.51. The summed E-state index contributed by atoms with van der Waals surface area (Å²) in [7, 11) is 2.05. The third-order valence-electron chi connectivity index (χ3n) is 3.63. The van der Waals surface area contributed by atoms with Crippen molar-refractivity contribution in [2.45, 2.75) is 31.3 Å². The first-order valence-electron chi connectivity index (χ1n) is 5.90. The van der Waals surface area contributed by atoms with Gasteiger partial charge in [-0.05, 0) is 26.0 Å². The monoisotopic (exact) mass is 222 g/mol. The maximum atomic E-state index is 13.7. The number of benzene rings is 1. The molecular formula is C13H19FN2. The van der Waals surface area contributed by atoms with Gasteiger partial charge in [-0.15, -0.1) is 0 Å². The van der Waals surface area contributed by atoms with Crippen LogP contribution in [-0.2, 0) is 0 Å². The minimum atomic E-state index is -0.149. The van der Waals surface area contributed by atoms with Crippen molar-refractivity contribution < 1.29 is 4.39 Å². The molecule has 2 nitrogen and oxygen atoms in total. The maximum Gasteiger partial charge on any atom is 0.128 e. The van der Waals surface area contributed by atoms with Crippen LogP contribution in [0.15, 0.2) is 24.3 Å². The van der Waals surface area contributed by atoms with E-state index in [-0.39, 0.29) is 11.9 Å². The Kier molecular flexibility index (Phi) is 3.56. The number of likely N-dealkylation sites (N-methyl/N-ethyl adjacent to an activating group) is 1. The highest BCUT2D eigenvalue weighted by Gasteiger charge is 2.28. The molecule has 1 unspecified atom stereocenters. The normalized spacial score (nSPS) is 18.5. The maximum absolute atomic E-state index is 13.7. The Bertz CT molecular complexity index is 350. The zero-order valence-corrected chi connectivity index (χ0v) is 9.70. The molecule has 0 aliphatic heterocycles. The molecule has 1 aromatic rings. The first-order valence-corrected chi connectivity index (χ1v) is 5.90. The minimum Gasteiger partial charge on any atom is -0.329 e. The molecule has 0 amide bonds. The summed E-state index contributed by atoms with van der Waals surface area (Å²) in [5.74, 6) is -0.149. The molecule has 3 heteroatoms. The van der Waals surface area contributed by atoms with E-state index >= 15 is 0 Å². The number of hydrogen-bond donors (Lipinski definition) is 1. The first-order chi connectivity index (χ1) is 7.74. The molecule has 0 aromatic heterocycles. The molecule has 1 aliphatic carbocycles. The summed E-state index contributed by atoms with van der Waals surface area (Å²) in [5.41, 5.74) is 6.50. The Morgan fingerprint density at radius 3 is 2.62 bits per heavy atom. The van der Waals surface area contributed by atoms with Gasteiger partial charge in [-0.2, -0.15) is 0 Å². The van der Waals surface area contributed by atoms with Crippen molar-refractivity contribution in [2.24, 2.45) is 5.73 Å². The van der Waals surface area contributed by atoms with Crippen LogP contribution >= 0.6 is 0 Å². The molecule has 1 aromatic carbocycles. The van der Waals surface area contributed by atoms with Crippen molar-refractivity contribution in [1.29, 1.82) is 0 Å². The van der Waals surface area contributed by atoms with Gasteiger partial charge in [0, 0.05) is 24.2 Å². The Morgan fingerprint density at radius 1 is 1.44 bits per heavy atom. The lowest BCUT2D eigenvalue weighted by Crippen LogP contribution is -2.42. The van der Waals surface area contributed by atoms with Gasteiger partial charge in [-0.25, -0.2) is 4.39 Å². The predicted molar refractivity (Wildman–Crippen MR) is 63.6 cm³/mol. The van der Waals surface area contributed by atoms with Gasteiger partial charge in [0.1, 0.15) is 5.82 Å². The fourth-order valence-corrected chi connectivity index (χ4v) is 2.31. The van der Waals surface area contributed by atoms with Crippen LogP contribution in [0, 0.1) is 5.82 Å². The zero-order valence-electron chi connectivity index (χ0n) is 9.70. The highest BCUT2D eigenvalue weighted by molar-refractivity contribution is 5.22. The lowest BCUT2D eigenvalue weighted by Gasteiger charge is -2.39. The molecule has 2 N–H and O–H groups in total. The molecule has 0 bridgehead atoms. The molecule has 1 fully saturated rings. The number of rotatable bonds is 4. The van der Waals surface area contributed by atoms with Crippen LogP contribution < -0.4 is 5.73 Å². The van der Waals surface area contributed by atoms with E-state index in [4.69, 9.17) is 5.73 Å². The smallest absolute Gasteiger partial charge is 0.128 e. The molecule has 16 heavy (non-hydrogen) atoms. The van der Waals surface area contributed by atoms with E-state index < -0.39 is 0 Å². The summed E-state index contributed by atoms with van der Waals surface area (Å²) in [5, 5.41) is 0. The highest BCUT2D eigenvalue weighted by atomic mass is 19.1. The summed E-state index contributed by atoms with van der Waals surface area (Å²) in [6.45, 7) is 0.466. The fourth-order valence-electron chi connectivity index (χ4n) is 2.31. The molecule has 88 valence electrons. The standard InChI is InChI=1S/C13H19FN2/c1-16(10-5-4-6-10)13(9-15)11-7-2-3-8-12(11)14/h2-3,7-8,10,13H,4-6,9,15H2,1H3. The molecule has 1 saturated carbocycles. The third-order valence-corrected chi connectivity index (χ3v) is 3.63. The van der Waals surface area contributed by atoms with E-state index in [2.05, 4.69) is 4.90 Å². The Labute approximate surface area is 96.2 Å². The van der Waals surface area contributed by atoms with Crippen LogP contribution in [0.5, 0.6) is 0 Å². The van der Waals surface area contributed by atoms with Crippen LogP contribution in [0.1, 0.15) is 30.9 Å².